The van der Waals surface area contributed by atoms with E-state index < -0.39 is 0 Å². The Morgan fingerprint density at radius 3 is 2.95 bits per heavy atom. The summed E-state index contributed by atoms with van der Waals surface area (Å²) in [6, 6.07) is 5.47. The molecule has 2 aromatic rings. The van der Waals surface area contributed by atoms with Crippen molar-refractivity contribution in [1.29, 1.82) is 0 Å². The van der Waals surface area contributed by atoms with E-state index in [4.69, 9.17) is 23.2 Å². The number of hydrogen-bond acceptors (Lipinski definition) is 3. The van der Waals surface area contributed by atoms with Gasteiger partial charge in [-0.3, -0.25) is 9.78 Å². The molecule has 0 spiro atoms. The Hall–Kier alpha value is -1.97. The Morgan fingerprint density at radius 1 is 1.32 bits per heavy atom. The molecule has 1 aliphatic rings. The van der Waals surface area contributed by atoms with Crippen LogP contribution in [0.15, 0.2) is 53.7 Å². The SMILES string of the molecule is O=C(C=Cc1cc2ncccc2nc1Cl)C1C=CC(Cl)=CC1. The first-order valence-corrected chi connectivity index (χ1v) is 7.56. The van der Waals surface area contributed by atoms with Crippen LogP contribution in [0.1, 0.15) is 12.0 Å². The summed E-state index contributed by atoms with van der Waals surface area (Å²) in [6.45, 7) is 0. The number of allylic oxidation sites excluding steroid dienone is 5. The molecule has 22 heavy (non-hydrogen) atoms. The van der Waals surface area contributed by atoms with Crippen molar-refractivity contribution in [2.75, 3.05) is 0 Å². The van der Waals surface area contributed by atoms with Gasteiger partial charge in [0.05, 0.1) is 11.0 Å². The lowest BCUT2D eigenvalue weighted by atomic mass is 9.95. The number of rotatable bonds is 3. The number of ketones is 1. The predicted octanol–water partition coefficient (Wildman–Crippen LogP) is 4.56. The van der Waals surface area contributed by atoms with Crippen molar-refractivity contribution < 1.29 is 4.79 Å². The number of fused-ring (bicyclic) bond motifs is 1. The first-order chi connectivity index (χ1) is 10.6. The normalized spacial score (nSPS) is 17.9. The van der Waals surface area contributed by atoms with Gasteiger partial charge >= 0.3 is 0 Å². The molecule has 0 aliphatic heterocycles. The molecule has 110 valence electrons. The highest BCUT2D eigenvalue weighted by molar-refractivity contribution is 6.31. The molecular formula is C17H12Cl2N2O. The smallest absolute Gasteiger partial charge is 0.162 e. The van der Waals surface area contributed by atoms with E-state index in [1.165, 1.54) is 6.08 Å². The third-order valence-electron chi connectivity index (χ3n) is 3.41. The van der Waals surface area contributed by atoms with Crippen molar-refractivity contribution in [2.45, 2.75) is 6.42 Å². The number of hydrogen-bond donors (Lipinski definition) is 0. The quantitative estimate of drug-likeness (QED) is 0.611. The van der Waals surface area contributed by atoms with Crippen molar-refractivity contribution in [3.05, 3.63) is 64.4 Å². The fourth-order valence-corrected chi connectivity index (χ4v) is 2.58. The third-order valence-corrected chi connectivity index (χ3v) is 4.00. The van der Waals surface area contributed by atoms with E-state index >= 15 is 0 Å². The number of pyridine rings is 2. The minimum atomic E-state index is -0.177. The van der Waals surface area contributed by atoms with Crippen molar-refractivity contribution in [3.8, 4) is 0 Å². The molecule has 0 fully saturated rings. The monoisotopic (exact) mass is 330 g/mol. The van der Waals surface area contributed by atoms with Gasteiger partial charge in [-0.1, -0.05) is 35.4 Å². The van der Waals surface area contributed by atoms with E-state index in [0.717, 1.165) is 11.0 Å². The molecule has 0 N–H and O–H groups in total. The molecule has 1 atom stereocenters. The second kappa shape index (κ2) is 6.42. The van der Waals surface area contributed by atoms with E-state index in [2.05, 4.69) is 9.97 Å². The second-order valence-electron chi connectivity index (χ2n) is 4.94. The van der Waals surface area contributed by atoms with Crippen LogP contribution >= 0.6 is 23.2 Å². The zero-order valence-corrected chi connectivity index (χ0v) is 13.1. The molecule has 0 saturated heterocycles. The summed E-state index contributed by atoms with van der Waals surface area (Å²) < 4.78 is 0. The number of carbonyl (C=O) groups excluding carboxylic acids is 1. The molecule has 0 amide bonds. The summed E-state index contributed by atoms with van der Waals surface area (Å²) in [7, 11) is 0. The van der Waals surface area contributed by atoms with Crippen molar-refractivity contribution >= 4 is 46.1 Å². The molecule has 5 heteroatoms. The Bertz CT molecular complexity index is 825. The fourth-order valence-electron chi connectivity index (χ4n) is 2.21. The zero-order chi connectivity index (χ0) is 15.5. The first kappa shape index (κ1) is 14.9. The summed E-state index contributed by atoms with van der Waals surface area (Å²) in [5.41, 5.74) is 2.15. The number of nitrogens with zero attached hydrogens (tertiary/aromatic N) is 2. The van der Waals surface area contributed by atoms with Gasteiger partial charge in [0.1, 0.15) is 5.15 Å². The van der Waals surface area contributed by atoms with Crippen LogP contribution in [-0.2, 0) is 4.79 Å². The summed E-state index contributed by atoms with van der Waals surface area (Å²) >= 11 is 12.0. The van der Waals surface area contributed by atoms with Crippen molar-refractivity contribution in [3.63, 3.8) is 0 Å². The maximum absolute atomic E-state index is 12.2. The van der Waals surface area contributed by atoms with Crippen molar-refractivity contribution in [1.82, 2.24) is 9.97 Å². The molecule has 0 saturated carbocycles. The molecule has 2 aromatic heterocycles. The minimum Gasteiger partial charge on any atom is -0.294 e. The van der Waals surface area contributed by atoms with Crippen LogP contribution in [0.3, 0.4) is 0 Å². The van der Waals surface area contributed by atoms with Gasteiger partial charge in [0.25, 0.3) is 0 Å². The summed E-state index contributed by atoms with van der Waals surface area (Å²) in [6.07, 6.45) is 10.9. The molecule has 1 unspecified atom stereocenters. The van der Waals surface area contributed by atoms with Crippen LogP contribution in [0.4, 0.5) is 0 Å². The van der Waals surface area contributed by atoms with Crippen LogP contribution < -0.4 is 0 Å². The van der Waals surface area contributed by atoms with Gasteiger partial charge < -0.3 is 0 Å². The Labute approximate surface area is 138 Å². The van der Waals surface area contributed by atoms with Gasteiger partial charge in [-0.25, -0.2) is 4.98 Å². The highest BCUT2D eigenvalue weighted by Gasteiger charge is 2.14. The lowest BCUT2D eigenvalue weighted by molar-refractivity contribution is -0.116. The second-order valence-corrected chi connectivity index (χ2v) is 5.73. The van der Waals surface area contributed by atoms with Gasteiger partial charge in [-0.05, 0) is 42.8 Å². The summed E-state index contributed by atoms with van der Waals surface area (Å²) in [4.78, 5) is 20.7. The molecule has 0 radical (unpaired) electrons. The van der Waals surface area contributed by atoms with Gasteiger partial charge in [-0.2, -0.15) is 0 Å². The van der Waals surface area contributed by atoms with Crippen molar-refractivity contribution in [2.24, 2.45) is 5.92 Å². The average Bonchev–Trinajstić information content (AvgIpc) is 2.53. The largest absolute Gasteiger partial charge is 0.294 e. The topological polar surface area (TPSA) is 42.9 Å². The van der Waals surface area contributed by atoms with Crippen LogP contribution in [0.5, 0.6) is 0 Å². The van der Waals surface area contributed by atoms with Crippen LogP contribution in [0.2, 0.25) is 5.15 Å². The molecule has 0 bridgehead atoms. The van der Waals surface area contributed by atoms with Gasteiger partial charge in [0.2, 0.25) is 0 Å². The fraction of sp³-hybridized carbons (Fsp3) is 0.118. The Morgan fingerprint density at radius 2 is 2.18 bits per heavy atom. The highest BCUT2D eigenvalue weighted by atomic mass is 35.5. The first-order valence-electron chi connectivity index (χ1n) is 6.80. The molecule has 2 heterocycles. The molecular weight excluding hydrogens is 319 g/mol. The van der Waals surface area contributed by atoms with Gasteiger partial charge in [-0.15, -0.1) is 0 Å². The molecule has 0 aromatic carbocycles. The number of aromatic nitrogens is 2. The number of halogens is 2. The predicted molar refractivity (Wildman–Crippen MR) is 89.8 cm³/mol. The van der Waals surface area contributed by atoms with E-state index in [0.29, 0.717) is 22.2 Å². The van der Waals surface area contributed by atoms with Gasteiger partial charge in [0, 0.05) is 22.7 Å². The standard InChI is InChI=1S/C17H12Cl2N2O/c18-13-6-3-11(4-7-13)16(22)8-5-12-10-15-14(21-17(12)19)2-1-9-20-15/h1-3,5-11H,4H2. The molecule has 1 aliphatic carbocycles. The maximum Gasteiger partial charge on any atom is 0.162 e. The van der Waals surface area contributed by atoms with Crippen LogP contribution in [-0.4, -0.2) is 15.8 Å². The molecule has 3 nitrogen and oxygen atoms in total. The Kier molecular flexibility index (Phi) is 4.36. The number of carbonyl (C=O) groups is 1. The summed E-state index contributed by atoms with van der Waals surface area (Å²) in [5, 5.41) is 1.02. The molecule has 3 rings (SSSR count). The lowest BCUT2D eigenvalue weighted by Crippen LogP contribution is -2.10. The average molecular weight is 331 g/mol. The highest BCUT2D eigenvalue weighted by Crippen LogP contribution is 2.22. The van der Waals surface area contributed by atoms with E-state index in [1.54, 1.807) is 24.4 Å². The maximum atomic E-state index is 12.2. The summed E-state index contributed by atoms with van der Waals surface area (Å²) in [5.74, 6) is -0.169. The Balaban J connectivity index is 1.82. The zero-order valence-electron chi connectivity index (χ0n) is 11.5. The van der Waals surface area contributed by atoms with E-state index in [-0.39, 0.29) is 11.7 Å². The van der Waals surface area contributed by atoms with Crippen LogP contribution in [0, 0.1) is 5.92 Å². The van der Waals surface area contributed by atoms with E-state index in [9.17, 15) is 4.79 Å². The third kappa shape index (κ3) is 3.26. The van der Waals surface area contributed by atoms with Crippen LogP contribution in [0.25, 0.3) is 17.1 Å². The minimum absolute atomic E-state index is 0.00820. The lowest BCUT2D eigenvalue weighted by Gasteiger charge is -2.10. The van der Waals surface area contributed by atoms with Gasteiger partial charge in [0.15, 0.2) is 5.78 Å². The van der Waals surface area contributed by atoms with E-state index in [1.807, 2.05) is 24.3 Å².